The van der Waals surface area contributed by atoms with Crippen LogP contribution in [0.15, 0.2) is 22.6 Å². The lowest BCUT2D eigenvalue weighted by Gasteiger charge is -2.11. The van der Waals surface area contributed by atoms with Gasteiger partial charge >= 0.3 is 18.2 Å². The predicted molar refractivity (Wildman–Crippen MR) is 117 cm³/mol. The summed E-state index contributed by atoms with van der Waals surface area (Å²) in [4.78, 5) is 61.4. The maximum Gasteiger partial charge on any atom is 0.416 e. The third-order valence-electron chi connectivity index (χ3n) is 3.92. The van der Waals surface area contributed by atoms with Gasteiger partial charge in [0.1, 0.15) is 13.2 Å². The van der Waals surface area contributed by atoms with E-state index in [1.807, 2.05) is 5.32 Å². The highest BCUT2D eigenvalue weighted by molar-refractivity contribution is 5.87. The monoisotopic (exact) mass is 485 g/mol. The molecule has 0 aliphatic heterocycles. The van der Waals surface area contributed by atoms with Crippen LogP contribution in [-0.4, -0.2) is 89.2 Å². The van der Waals surface area contributed by atoms with Crippen molar-refractivity contribution in [2.24, 2.45) is 9.98 Å². The fourth-order valence-electron chi connectivity index (χ4n) is 2.33. The lowest BCUT2D eigenvalue weighted by atomic mass is 10.1. The molecule has 0 aromatic carbocycles. The van der Waals surface area contributed by atoms with Gasteiger partial charge in [-0.25, -0.2) is 39.3 Å². The number of aliphatic imine (C=N–C) groups is 2. The van der Waals surface area contributed by atoms with Gasteiger partial charge in [0.25, 0.3) is 0 Å². The van der Waals surface area contributed by atoms with Crippen LogP contribution in [0, 0.1) is 0 Å². The Morgan fingerprint density at radius 1 is 0.794 bits per heavy atom. The Morgan fingerprint density at radius 3 is 2.06 bits per heavy atom. The second-order valence-electron chi connectivity index (χ2n) is 6.48. The highest BCUT2D eigenvalue weighted by Gasteiger charge is 2.12. The SMILES string of the molecule is C=CC(=O)OCCOCCCOCCOC(=O)NC(=O)OCCC(CCCCN=C=O)N=C=O. The fourth-order valence-corrected chi connectivity index (χ4v) is 2.33. The van der Waals surface area contributed by atoms with Gasteiger partial charge < -0.3 is 23.7 Å². The molecule has 0 saturated carbocycles. The van der Waals surface area contributed by atoms with Crippen molar-refractivity contribution in [3.63, 3.8) is 0 Å². The van der Waals surface area contributed by atoms with E-state index in [9.17, 15) is 24.0 Å². The standard InChI is InChI=1S/C21H31N3O10/c1-2-19(27)32-14-12-30-9-5-10-31-13-15-34-21(29)24-20(28)33-11-7-18(23-17-26)6-3-4-8-22-16-25/h2,18H,1,3-15H2,(H,24,28,29). The first kappa shape index (κ1) is 30.6. The summed E-state index contributed by atoms with van der Waals surface area (Å²) in [5, 5.41) is 1.90. The number of amides is 2. The summed E-state index contributed by atoms with van der Waals surface area (Å²) in [5.74, 6) is -0.506. The number of unbranched alkanes of at least 4 members (excludes halogenated alkanes) is 1. The summed E-state index contributed by atoms with van der Waals surface area (Å²) in [7, 11) is 0. The van der Waals surface area contributed by atoms with Crippen molar-refractivity contribution >= 4 is 30.3 Å². The number of imide groups is 1. The van der Waals surface area contributed by atoms with Crippen molar-refractivity contribution in [2.75, 3.05) is 52.8 Å². The van der Waals surface area contributed by atoms with E-state index in [0.29, 0.717) is 45.4 Å². The summed E-state index contributed by atoms with van der Waals surface area (Å²) in [6, 6.07) is -0.394. The Morgan fingerprint density at radius 2 is 1.44 bits per heavy atom. The number of ether oxygens (including phenoxy) is 5. The van der Waals surface area contributed by atoms with Crippen molar-refractivity contribution in [3.05, 3.63) is 12.7 Å². The van der Waals surface area contributed by atoms with Gasteiger partial charge in [-0.1, -0.05) is 6.58 Å². The highest BCUT2D eigenvalue weighted by atomic mass is 16.6. The summed E-state index contributed by atoms with van der Waals surface area (Å²) < 4.78 is 24.9. The van der Waals surface area contributed by atoms with Gasteiger partial charge in [-0.2, -0.15) is 0 Å². The Bertz CT molecular complexity index is 703. The third kappa shape index (κ3) is 20.5. The number of rotatable bonds is 20. The van der Waals surface area contributed by atoms with Crippen molar-refractivity contribution < 1.29 is 47.7 Å². The second-order valence-corrected chi connectivity index (χ2v) is 6.48. The van der Waals surface area contributed by atoms with Crippen LogP contribution in [-0.2, 0) is 38.1 Å². The van der Waals surface area contributed by atoms with E-state index in [0.717, 1.165) is 6.08 Å². The molecular weight excluding hydrogens is 454 g/mol. The molecular formula is C21H31N3O10. The number of carbonyl (C=O) groups excluding carboxylic acids is 5. The van der Waals surface area contributed by atoms with E-state index < -0.39 is 24.2 Å². The number of hydrogen-bond donors (Lipinski definition) is 1. The zero-order chi connectivity index (χ0) is 25.3. The zero-order valence-electron chi connectivity index (χ0n) is 19.0. The van der Waals surface area contributed by atoms with Crippen LogP contribution in [0.1, 0.15) is 32.1 Å². The summed E-state index contributed by atoms with van der Waals surface area (Å²) in [6.45, 7) is 4.80. The number of nitrogens with one attached hydrogen (secondary N) is 1. The molecule has 1 atom stereocenters. The van der Waals surface area contributed by atoms with Crippen LogP contribution >= 0.6 is 0 Å². The minimum Gasteiger partial charge on any atom is -0.460 e. The molecule has 13 nitrogen and oxygen atoms in total. The predicted octanol–water partition coefficient (Wildman–Crippen LogP) is 1.60. The van der Waals surface area contributed by atoms with E-state index in [1.54, 1.807) is 0 Å². The van der Waals surface area contributed by atoms with E-state index >= 15 is 0 Å². The normalized spacial score (nSPS) is 10.7. The van der Waals surface area contributed by atoms with Crippen molar-refractivity contribution in [3.8, 4) is 0 Å². The number of alkyl carbamates (subject to hydrolysis) is 2. The Labute approximate surface area is 197 Å². The number of esters is 1. The maximum absolute atomic E-state index is 11.6. The van der Waals surface area contributed by atoms with Gasteiger partial charge in [0.2, 0.25) is 12.2 Å². The van der Waals surface area contributed by atoms with Gasteiger partial charge in [0, 0.05) is 25.7 Å². The van der Waals surface area contributed by atoms with E-state index in [1.165, 1.54) is 12.2 Å². The average Bonchev–Trinajstić information content (AvgIpc) is 2.82. The average molecular weight is 485 g/mol. The molecule has 0 radical (unpaired) electrons. The number of isocyanates is 2. The molecule has 13 heteroatoms. The molecule has 0 bridgehead atoms. The molecule has 0 aliphatic carbocycles. The Balaban J connectivity index is 3.69. The first-order valence-electron chi connectivity index (χ1n) is 10.7. The van der Waals surface area contributed by atoms with Crippen LogP contribution < -0.4 is 5.32 Å². The number of nitrogens with zero attached hydrogens (tertiary/aromatic N) is 2. The van der Waals surface area contributed by atoms with Crippen LogP contribution in [0.2, 0.25) is 0 Å². The number of hydrogen-bond acceptors (Lipinski definition) is 12. The van der Waals surface area contributed by atoms with Gasteiger partial charge in [-0.05, 0) is 25.7 Å². The van der Waals surface area contributed by atoms with Gasteiger partial charge in [0.05, 0.1) is 32.4 Å². The first-order valence-corrected chi connectivity index (χ1v) is 10.7. The molecule has 0 aromatic heterocycles. The molecule has 0 heterocycles. The minimum atomic E-state index is -0.990. The lowest BCUT2D eigenvalue weighted by molar-refractivity contribution is -0.139. The molecule has 0 aromatic rings. The smallest absolute Gasteiger partial charge is 0.416 e. The molecule has 0 rings (SSSR count). The molecule has 0 aliphatic rings. The van der Waals surface area contributed by atoms with Gasteiger partial charge in [-0.3, -0.25) is 0 Å². The van der Waals surface area contributed by atoms with Crippen LogP contribution in [0.25, 0.3) is 0 Å². The largest absolute Gasteiger partial charge is 0.460 e. The van der Waals surface area contributed by atoms with Gasteiger partial charge in [-0.15, -0.1) is 0 Å². The Hall–Kier alpha value is -3.37. The van der Waals surface area contributed by atoms with Crippen molar-refractivity contribution in [2.45, 2.75) is 38.1 Å². The molecule has 2 amide bonds. The molecule has 1 N–H and O–H groups in total. The van der Waals surface area contributed by atoms with Gasteiger partial charge in [0.15, 0.2) is 0 Å². The molecule has 0 saturated heterocycles. The van der Waals surface area contributed by atoms with Crippen molar-refractivity contribution in [1.82, 2.24) is 5.32 Å². The highest BCUT2D eigenvalue weighted by Crippen LogP contribution is 2.09. The quantitative estimate of drug-likeness (QED) is 0.0667. The lowest BCUT2D eigenvalue weighted by Crippen LogP contribution is -2.32. The maximum atomic E-state index is 11.6. The van der Waals surface area contributed by atoms with E-state index in [4.69, 9.17) is 23.7 Å². The molecule has 1 unspecified atom stereocenters. The van der Waals surface area contributed by atoms with E-state index in [2.05, 4.69) is 16.6 Å². The summed E-state index contributed by atoms with van der Waals surface area (Å²) in [5.41, 5.74) is 0. The van der Waals surface area contributed by atoms with Crippen LogP contribution in [0.4, 0.5) is 9.59 Å². The topological polar surface area (TPSA) is 168 Å². The van der Waals surface area contributed by atoms with Crippen molar-refractivity contribution in [1.29, 1.82) is 0 Å². The summed E-state index contributed by atoms with van der Waals surface area (Å²) in [6.07, 6.45) is 4.72. The number of carbonyl (C=O) groups is 3. The summed E-state index contributed by atoms with van der Waals surface area (Å²) >= 11 is 0. The second kappa shape index (κ2) is 22.8. The molecule has 34 heavy (non-hydrogen) atoms. The molecule has 0 spiro atoms. The van der Waals surface area contributed by atoms with Crippen LogP contribution in [0.3, 0.4) is 0 Å². The van der Waals surface area contributed by atoms with Crippen LogP contribution in [0.5, 0.6) is 0 Å². The minimum absolute atomic E-state index is 0.0661. The zero-order valence-corrected chi connectivity index (χ0v) is 19.0. The molecule has 190 valence electrons. The van der Waals surface area contributed by atoms with E-state index in [-0.39, 0.29) is 39.5 Å². The third-order valence-corrected chi connectivity index (χ3v) is 3.92. The fraction of sp³-hybridized carbons (Fsp3) is 0.667. The molecule has 0 fully saturated rings. The first-order chi connectivity index (χ1) is 16.5. The Kier molecular flexibility index (Phi) is 20.5.